The fraction of sp³-hybridized carbons (Fsp3) is 0.647. The summed E-state index contributed by atoms with van der Waals surface area (Å²) in [5, 5.41) is 0. The minimum Gasteiger partial charge on any atom is -0.457 e. The smallest absolute Gasteiger partial charge is 0.231 e. The number of benzene rings is 5. The third-order valence-corrected chi connectivity index (χ3v) is 18.1. The Labute approximate surface area is 552 Å². The van der Waals surface area contributed by atoms with Crippen LogP contribution in [0.25, 0.3) is 0 Å². The molecular weight excluding hydrogens is 1080 g/mol. The Morgan fingerprint density at radius 1 is 0.337 bits per heavy atom. The van der Waals surface area contributed by atoms with E-state index in [1.165, 1.54) is 103 Å². The zero-order valence-corrected chi connectivity index (χ0v) is 61.5. The summed E-state index contributed by atoms with van der Waals surface area (Å²) in [5.41, 5.74) is 5.67. The van der Waals surface area contributed by atoms with Crippen LogP contribution >= 0.6 is 0 Å². The zero-order valence-electron chi connectivity index (χ0n) is 61.5. The molecule has 5 aromatic carbocycles. The van der Waals surface area contributed by atoms with Gasteiger partial charge in [0.15, 0.2) is 11.5 Å². The second-order valence-corrected chi connectivity index (χ2v) is 28.5. The molecule has 6 saturated carbocycles. The molecule has 4 heteroatoms. The van der Waals surface area contributed by atoms with Crippen molar-refractivity contribution in [2.75, 3.05) is 6.79 Å². The number of hydrogen-bond acceptors (Lipinski definition) is 4. The highest BCUT2D eigenvalue weighted by Crippen LogP contribution is 2.53. The van der Waals surface area contributed by atoms with E-state index in [2.05, 4.69) is 175 Å². The van der Waals surface area contributed by atoms with Gasteiger partial charge < -0.3 is 18.9 Å². The number of rotatable bonds is 11. The lowest BCUT2D eigenvalue weighted by atomic mass is 9.56. The van der Waals surface area contributed by atoms with Crippen LogP contribution < -0.4 is 14.2 Å². The molecule has 2 aliphatic heterocycles. The molecule has 0 radical (unpaired) electrons. The van der Waals surface area contributed by atoms with Crippen LogP contribution in [0.15, 0.2) is 133 Å². The van der Waals surface area contributed by atoms with Crippen LogP contribution in [-0.2, 0) is 30.8 Å². The van der Waals surface area contributed by atoms with Gasteiger partial charge in [-0.2, -0.15) is 0 Å². The molecule has 6 bridgehead atoms. The molecule has 0 aromatic heterocycles. The molecule has 0 amide bonds. The molecule has 13 rings (SSSR count). The minimum atomic E-state index is 0.360. The zero-order chi connectivity index (χ0) is 66.2. The summed E-state index contributed by atoms with van der Waals surface area (Å²) < 4.78 is 20.9. The van der Waals surface area contributed by atoms with Crippen molar-refractivity contribution >= 4 is 0 Å². The van der Waals surface area contributed by atoms with Crippen molar-refractivity contribution in [3.8, 4) is 23.0 Å². The number of hydrogen-bond donors (Lipinski definition) is 0. The minimum absolute atomic E-state index is 0.360. The van der Waals surface area contributed by atoms with Gasteiger partial charge in [0, 0.05) is 0 Å². The fourth-order valence-electron chi connectivity index (χ4n) is 11.1. The van der Waals surface area contributed by atoms with Gasteiger partial charge in [0.05, 0.1) is 13.2 Å². The molecule has 0 atom stereocenters. The lowest BCUT2D eigenvalue weighted by Gasteiger charge is -2.49. The Balaban J connectivity index is 0.000000493. The van der Waals surface area contributed by atoms with Crippen LogP contribution in [0, 0.1) is 71.0 Å². The van der Waals surface area contributed by atoms with Crippen molar-refractivity contribution in [2.24, 2.45) is 71.0 Å². The van der Waals surface area contributed by atoms with Crippen molar-refractivity contribution in [3.63, 3.8) is 0 Å². The topological polar surface area (TPSA) is 36.9 Å². The number of para-hydroxylation sites is 4. The van der Waals surface area contributed by atoms with Crippen LogP contribution in [0.4, 0.5) is 0 Å². The van der Waals surface area contributed by atoms with Crippen molar-refractivity contribution in [3.05, 3.63) is 156 Å². The van der Waals surface area contributed by atoms with E-state index in [9.17, 15) is 0 Å². The van der Waals surface area contributed by atoms with Gasteiger partial charge >= 0.3 is 0 Å². The lowest BCUT2D eigenvalue weighted by Crippen LogP contribution is -2.38. The molecule has 6 aliphatic carbocycles. The first-order valence-electron chi connectivity index (χ1n) is 36.6. The Bertz CT molecular complexity index is 2070. The Morgan fingerprint density at radius 2 is 0.607 bits per heavy atom. The SMILES string of the molecule is C1C2CC3CC1CC(C2)C3.C1CC2CCC1C2.CCC(C)C.CCC(C)C.CCC(C)C.CCC(C)C.CCC(C)C.CCCC(C)C.CCc1ccccc1CC.c1ccc(Oc2ccccc2)cc1.c1ccc2c(c1)COC2.c1ccc2c(c1)OCO2. The maximum Gasteiger partial charge on any atom is 0.231 e. The summed E-state index contributed by atoms with van der Waals surface area (Å²) in [6, 6.07) is 44.1. The molecule has 4 nitrogen and oxygen atoms in total. The Hall–Kier alpha value is -4.54. The molecule has 6 fully saturated rings. The van der Waals surface area contributed by atoms with E-state index < -0.39 is 0 Å². The highest BCUT2D eigenvalue weighted by molar-refractivity contribution is 5.41. The molecule has 0 unspecified atom stereocenters. The summed E-state index contributed by atoms with van der Waals surface area (Å²) in [4.78, 5) is 0. The number of fused-ring (bicyclic) bond motifs is 4. The van der Waals surface area contributed by atoms with E-state index in [0.29, 0.717) is 6.79 Å². The summed E-state index contributed by atoms with van der Waals surface area (Å²) >= 11 is 0. The van der Waals surface area contributed by atoms with Crippen LogP contribution in [0.3, 0.4) is 0 Å². The van der Waals surface area contributed by atoms with Gasteiger partial charge in [0.1, 0.15) is 11.5 Å². The van der Waals surface area contributed by atoms with Crippen LogP contribution in [0.2, 0.25) is 0 Å². The largest absolute Gasteiger partial charge is 0.457 e. The molecule has 0 N–H and O–H groups in total. The van der Waals surface area contributed by atoms with Crippen molar-refractivity contribution < 1.29 is 18.9 Å². The van der Waals surface area contributed by atoms with E-state index in [4.69, 9.17) is 18.9 Å². The third kappa shape index (κ3) is 41.5. The van der Waals surface area contributed by atoms with E-state index in [0.717, 1.165) is 84.6 Å². The normalized spacial score (nSPS) is 19.1. The lowest BCUT2D eigenvalue weighted by molar-refractivity contribution is 0.0198. The maximum absolute atomic E-state index is 5.58. The van der Waals surface area contributed by atoms with Gasteiger partial charge in [-0.1, -0.05) is 306 Å². The fourth-order valence-corrected chi connectivity index (χ4v) is 11.1. The maximum atomic E-state index is 5.58. The standard InChI is InChI=1S/C12H10O.C10H16.C10H14.C8H8O.C7H6O2.C7H12.C6H14.5C5H12/c1-3-7-11(8-4-1)13-12-9-5-2-6-10-12;1-7-2-9-4-8(1)5-10(3-7)6-9;1-3-9-7-5-6-8-10(9)4-2;1-2-4-8-6-9-5-7(8)3-1;1-2-4-7-6(3-1)8-5-9-7;1-2-7-4-3-6(1)5-7;1-4-5-6(2)3;5*1-4-5(2)3/h1-10H;7-10H,1-6H2;5-8H,3-4H2,1-2H3;1-4H,5-6H2;1-4H,5H2;6-7H,1-5H2;6H,4-5H2,1-3H3;5*5H,4H2,1-3H3. The van der Waals surface area contributed by atoms with Crippen molar-refractivity contribution in [1.29, 1.82) is 0 Å². The van der Waals surface area contributed by atoms with Gasteiger partial charge in [0.2, 0.25) is 6.79 Å². The van der Waals surface area contributed by atoms with E-state index in [1.54, 1.807) is 70.6 Å². The number of ether oxygens (including phenoxy) is 4. The molecule has 0 saturated heterocycles. The molecule has 0 spiro atoms. The second-order valence-electron chi connectivity index (χ2n) is 28.5. The molecule has 504 valence electrons. The van der Waals surface area contributed by atoms with Gasteiger partial charge in [-0.3, -0.25) is 0 Å². The summed E-state index contributed by atoms with van der Waals surface area (Å²) in [6.45, 7) is 46.3. The van der Waals surface area contributed by atoms with Gasteiger partial charge in [-0.25, -0.2) is 0 Å². The van der Waals surface area contributed by atoms with E-state index in [1.807, 2.05) is 97.1 Å². The predicted molar refractivity (Wildman–Crippen MR) is 393 cm³/mol. The van der Waals surface area contributed by atoms with Gasteiger partial charge in [0.25, 0.3) is 0 Å². The second kappa shape index (κ2) is 52.0. The average Bonchev–Trinajstić information content (AvgIpc) is 2.03. The molecule has 5 aromatic rings. The van der Waals surface area contributed by atoms with Gasteiger partial charge in [-0.15, -0.1) is 0 Å². The van der Waals surface area contributed by atoms with Crippen LogP contribution in [0.5, 0.6) is 23.0 Å². The van der Waals surface area contributed by atoms with Gasteiger partial charge in [-0.05, 0) is 187 Å². The number of aryl methyl sites for hydroxylation is 2. The van der Waals surface area contributed by atoms with E-state index >= 15 is 0 Å². The van der Waals surface area contributed by atoms with Crippen molar-refractivity contribution in [2.45, 2.75) is 280 Å². The monoisotopic (exact) mass is 1230 g/mol. The highest BCUT2D eigenvalue weighted by Gasteiger charge is 2.41. The summed E-state index contributed by atoms with van der Waals surface area (Å²) in [7, 11) is 0. The first-order chi connectivity index (χ1) is 42.7. The Morgan fingerprint density at radius 3 is 0.843 bits per heavy atom. The summed E-state index contributed by atoms with van der Waals surface area (Å²) in [6.07, 6.45) is 29.0. The third-order valence-electron chi connectivity index (χ3n) is 18.1. The first-order valence-corrected chi connectivity index (χ1v) is 36.6. The molecular formula is C85H140O4. The summed E-state index contributed by atoms with van der Waals surface area (Å²) in [5.74, 6) is 15.8. The average molecular weight is 1230 g/mol. The first kappa shape index (κ1) is 82.5. The molecule has 2 heterocycles. The predicted octanol–water partition coefficient (Wildman–Crippen LogP) is 27.2. The van der Waals surface area contributed by atoms with Crippen molar-refractivity contribution in [1.82, 2.24) is 0 Å². The van der Waals surface area contributed by atoms with E-state index in [-0.39, 0.29) is 0 Å². The van der Waals surface area contributed by atoms with Crippen LogP contribution in [0.1, 0.15) is 276 Å². The quantitative estimate of drug-likeness (QED) is 0.132. The molecule has 8 aliphatic rings. The highest BCUT2D eigenvalue weighted by atomic mass is 16.7. The molecule has 89 heavy (non-hydrogen) atoms. The Kier molecular flexibility index (Phi) is 48.2. The van der Waals surface area contributed by atoms with Crippen LogP contribution in [-0.4, -0.2) is 6.79 Å².